The summed E-state index contributed by atoms with van der Waals surface area (Å²) in [6.07, 6.45) is 1.83. The van der Waals surface area contributed by atoms with E-state index in [1.807, 2.05) is 26.0 Å². The Balaban J connectivity index is 1.84. The Labute approximate surface area is 140 Å². The second-order valence-electron chi connectivity index (χ2n) is 5.97. The van der Waals surface area contributed by atoms with Crippen LogP contribution in [0.25, 0.3) is 11.0 Å². The molecule has 1 N–H and O–H groups in total. The van der Waals surface area contributed by atoms with Crippen LogP contribution in [0, 0.1) is 13.8 Å². The van der Waals surface area contributed by atoms with E-state index >= 15 is 0 Å². The van der Waals surface area contributed by atoms with Gasteiger partial charge in [-0.05, 0) is 44.0 Å². The van der Waals surface area contributed by atoms with Gasteiger partial charge in [0, 0.05) is 16.5 Å². The average Bonchev–Trinajstić information content (AvgIpc) is 2.94. The minimum atomic E-state index is -0.176. The molecule has 4 heteroatoms. The molecule has 0 atom stereocenters. The summed E-state index contributed by atoms with van der Waals surface area (Å²) < 4.78 is 5.64. The molecule has 2 aromatic carbocycles. The van der Waals surface area contributed by atoms with Gasteiger partial charge < -0.3 is 9.73 Å². The Bertz CT molecular complexity index is 937. The number of furan rings is 1. The number of hydrogen-bond donors (Lipinski definition) is 1. The standard InChI is InChI=1S/C20H19NO3/c1-12-8-9-17-15(11-24-20(17)13(12)2)10-19(23)21-18-7-5-4-6-16(18)14(3)22/h4-9,11H,10H2,1-3H3,(H,21,23). The molecule has 0 aliphatic carbocycles. The van der Waals surface area contributed by atoms with Crippen LogP contribution in [0.1, 0.15) is 34.0 Å². The van der Waals surface area contributed by atoms with Gasteiger partial charge in [0.25, 0.3) is 0 Å². The molecule has 0 radical (unpaired) electrons. The van der Waals surface area contributed by atoms with E-state index in [4.69, 9.17) is 4.42 Å². The minimum Gasteiger partial charge on any atom is -0.464 e. The Hall–Kier alpha value is -2.88. The van der Waals surface area contributed by atoms with Crippen LogP contribution in [0.2, 0.25) is 0 Å². The van der Waals surface area contributed by atoms with E-state index < -0.39 is 0 Å². The van der Waals surface area contributed by atoms with Crippen molar-refractivity contribution in [2.75, 3.05) is 5.32 Å². The largest absolute Gasteiger partial charge is 0.464 e. The van der Waals surface area contributed by atoms with Crippen molar-refractivity contribution in [1.82, 2.24) is 0 Å². The molecule has 122 valence electrons. The first kappa shape index (κ1) is 16.0. The molecule has 0 unspecified atom stereocenters. The summed E-state index contributed by atoms with van der Waals surface area (Å²) in [6, 6.07) is 11.0. The molecular weight excluding hydrogens is 302 g/mol. The summed E-state index contributed by atoms with van der Waals surface area (Å²) in [5.74, 6) is -0.254. The van der Waals surface area contributed by atoms with Gasteiger partial charge in [-0.1, -0.05) is 24.3 Å². The molecule has 1 amide bonds. The molecule has 1 heterocycles. The van der Waals surface area contributed by atoms with Crippen molar-refractivity contribution in [2.24, 2.45) is 0 Å². The van der Waals surface area contributed by atoms with Crippen molar-refractivity contribution in [3.8, 4) is 0 Å². The topological polar surface area (TPSA) is 59.3 Å². The zero-order valence-corrected chi connectivity index (χ0v) is 14.0. The SMILES string of the molecule is CC(=O)c1ccccc1NC(=O)Cc1coc2c(C)c(C)ccc12. The van der Waals surface area contributed by atoms with Gasteiger partial charge in [-0.25, -0.2) is 0 Å². The van der Waals surface area contributed by atoms with Gasteiger partial charge in [-0.3, -0.25) is 9.59 Å². The molecule has 0 spiro atoms. The quantitative estimate of drug-likeness (QED) is 0.723. The highest BCUT2D eigenvalue weighted by atomic mass is 16.3. The van der Waals surface area contributed by atoms with Gasteiger partial charge in [-0.15, -0.1) is 0 Å². The van der Waals surface area contributed by atoms with E-state index in [1.54, 1.807) is 30.5 Å². The van der Waals surface area contributed by atoms with Crippen LogP contribution in [-0.4, -0.2) is 11.7 Å². The minimum absolute atomic E-state index is 0.0780. The van der Waals surface area contributed by atoms with Crippen LogP contribution in [0.3, 0.4) is 0 Å². The number of amides is 1. The fraction of sp³-hybridized carbons (Fsp3) is 0.200. The summed E-state index contributed by atoms with van der Waals surface area (Å²) in [5.41, 5.74) is 4.95. The summed E-state index contributed by atoms with van der Waals surface area (Å²) in [7, 11) is 0. The maximum absolute atomic E-state index is 12.4. The lowest BCUT2D eigenvalue weighted by atomic mass is 10.0. The molecular formula is C20H19NO3. The number of benzene rings is 2. The molecule has 3 aromatic rings. The highest BCUT2D eigenvalue weighted by molar-refractivity contribution is 6.04. The molecule has 3 rings (SSSR count). The molecule has 0 saturated heterocycles. The van der Waals surface area contributed by atoms with Gasteiger partial charge in [0.05, 0.1) is 18.4 Å². The van der Waals surface area contributed by atoms with E-state index in [9.17, 15) is 9.59 Å². The van der Waals surface area contributed by atoms with Crippen molar-refractivity contribution in [1.29, 1.82) is 0 Å². The third-order valence-electron chi connectivity index (χ3n) is 4.27. The Kier molecular flexibility index (Phi) is 4.21. The second-order valence-corrected chi connectivity index (χ2v) is 5.97. The van der Waals surface area contributed by atoms with E-state index in [0.29, 0.717) is 11.3 Å². The Morgan fingerprint density at radius 2 is 1.83 bits per heavy atom. The number of fused-ring (bicyclic) bond motifs is 1. The van der Waals surface area contributed by atoms with Gasteiger partial charge in [0.2, 0.25) is 5.91 Å². The summed E-state index contributed by atoms with van der Waals surface area (Å²) >= 11 is 0. The highest BCUT2D eigenvalue weighted by Gasteiger charge is 2.14. The number of nitrogens with one attached hydrogen (secondary N) is 1. The maximum Gasteiger partial charge on any atom is 0.228 e. The molecule has 0 aliphatic rings. The number of ketones is 1. The molecule has 4 nitrogen and oxygen atoms in total. The smallest absolute Gasteiger partial charge is 0.228 e. The van der Waals surface area contributed by atoms with Crippen LogP contribution in [0.15, 0.2) is 47.1 Å². The summed E-state index contributed by atoms with van der Waals surface area (Å²) in [5, 5.41) is 3.77. The average molecular weight is 321 g/mol. The van der Waals surface area contributed by atoms with Crippen molar-refractivity contribution in [3.05, 3.63) is 64.9 Å². The van der Waals surface area contributed by atoms with Crippen LogP contribution in [0.4, 0.5) is 5.69 Å². The van der Waals surface area contributed by atoms with E-state index in [1.165, 1.54) is 6.92 Å². The fourth-order valence-electron chi connectivity index (χ4n) is 2.79. The predicted octanol–water partition coefficient (Wildman–Crippen LogP) is 4.43. The molecule has 0 bridgehead atoms. The maximum atomic E-state index is 12.4. The van der Waals surface area contributed by atoms with Crippen LogP contribution in [-0.2, 0) is 11.2 Å². The Morgan fingerprint density at radius 1 is 1.08 bits per heavy atom. The lowest BCUT2D eigenvalue weighted by molar-refractivity contribution is -0.115. The van der Waals surface area contributed by atoms with Crippen molar-refractivity contribution in [2.45, 2.75) is 27.2 Å². The van der Waals surface area contributed by atoms with Gasteiger partial charge in [-0.2, -0.15) is 0 Å². The number of carbonyl (C=O) groups is 2. The number of carbonyl (C=O) groups excluding carboxylic acids is 2. The number of para-hydroxylation sites is 1. The van der Waals surface area contributed by atoms with Crippen molar-refractivity contribution >= 4 is 28.3 Å². The fourth-order valence-corrected chi connectivity index (χ4v) is 2.79. The van der Waals surface area contributed by atoms with E-state index in [0.717, 1.165) is 27.7 Å². The van der Waals surface area contributed by atoms with Crippen LogP contribution in [0.5, 0.6) is 0 Å². The molecule has 0 fully saturated rings. The second kappa shape index (κ2) is 6.32. The molecule has 0 aliphatic heterocycles. The summed E-state index contributed by atoms with van der Waals surface area (Å²) in [4.78, 5) is 24.0. The van der Waals surface area contributed by atoms with E-state index in [-0.39, 0.29) is 18.1 Å². The lowest BCUT2D eigenvalue weighted by Crippen LogP contribution is -2.16. The van der Waals surface area contributed by atoms with Gasteiger partial charge >= 0.3 is 0 Å². The third-order valence-corrected chi connectivity index (χ3v) is 4.27. The molecule has 24 heavy (non-hydrogen) atoms. The number of aryl methyl sites for hydroxylation is 2. The zero-order valence-electron chi connectivity index (χ0n) is 14.0. The van der Waals surface area contributed by atoms with Crippen molar-refractivity contribution in [3.63, 3.8) is 0 Å². The Morgan fingerprint density at radius 3 is 2.58 bits per heavy atom. The first-order valence-electron chi connectivity index (χ1n) is 7.83. The molecule has 1 aromatic heterocycles. The third kappa shape index (κ3) is 2.95. The monoisotopic (exact) mass is 321 g/mol. The van der Waals surface area contributed by atoms with Crippen molar-refractivity contribution < 1.29 is 14.0 Å². The zero-order chi connectivity index (χ0) is 17.3. The van der Waals surface area contributed by atoms with Gasteiger partial charge in [0.1, 0.15) is 5.58 Å². The number of Topliss-reactive ketones (excluding diaryl/α,β-unsaturated/α-hetero) is 1. The number of hydrogen-bond acceptors (Lipinski definition) is 3. The van der Waals surface area contributed by atoms with E-state index in [2.05, 4.69) is 5.32 Å². The van der Waals surface area contributed by atoms with Gasteiger partial charge in [0.15, 0.2) is 5.78 Å². The van der Waals surface area contributed by atoms with Crippen LogP contribution >= 0.6 is 0 Å². The number of anilines is 1. The first-order chi connectivity index (χ1) is 11.5. The predicted molar refractivity (Wildman–Crippen MR) is 94.5 cm³/mol. The number of rotatable bonds is 4. The normalized spacial score (nSPS) is 10.8. The first-order valence-corrected chi connectivity index (χ1v) is 7.83. The highest BCUT2D eigenvalue weighted by Crippen LogP contribution is 2.27. The molecule has 0 saturated carbocycles. The lowest BCUT2D eigenvalue weighted by Gasteiger charge is -2.08. The summed E-state index contributed by atoms with van der Waals surface area (Å²) in [6.45, 7) is 5.52. The van der Waals surface area contributed by atoms with Crippen LogP contribution < -0.4 is 5.32 Å².